The molecule has 2 aromatic heterocycles. The van der Waals surface area contributed by atoms with Crippen LogP contribution < -0.4 is 5.32 Å². The summed E-state index contributed by atoms with van der Waals surface area (Å²) >= 11 is 0. The highest BCUT2D eigenvalue weighted by atomic mass is 16.6. The standard InChI is InChI=1S/C8H12N8O2/c1-4-6(16(17)18)8(15(3)12-4)9-5(2)7-10-13-14-11-7/h5,9H,1-3H3,(H,10,11,13,14). The number of aromatic nitrogens is 6. The van der Waals surface area contributed by atoms with Crippen molar-refractivity contribution in [1.82, 2.24) is 30.4 Å². The Labute approximate surface area is 102 Å². The average Bonchev–Trinajstić information content (AvgIpc) is 2.87. The highest BCUT2D eigenvalue weighted by Crippen LogP contribution is 2.29. The maximum Gasteiger partial charge on any atom is 0.333 e. The molecule has 0 aliphatic heterocycles. The van der Waals surface area contributed by atoms with Crippen molar-refractivity contribution in [2.75, 3.05) is 5.32 Å². The number of nitrogens with one attached hydrogen (secondary N) is 2. The molecule has 1 atom stereocenters. The number of hydrogen-bond donors (Lipinski definition) is 2. The zero-order valence-electron chi connectivity index (χ0n) is 10.1. The smallest absolute Gasteiger partial charge is 0.333 e. The number of aromatic amines is 1. The van der Waals surface area contributed by atoms with E-state index in [-0.39, 0.29) is 11.7 Å². The van der Waals surface area contributed by atoms with E-state index in [4.69, 9.17) is 0 Å². The Bertz CT molecular complexity index is 560. The Morgan fingerprint density at radius 3 is 2.83 bits per heavy atom. The van der Waals surface area contributed by atoms with Crippen LogP contribution in [0.25, 0.3) is 0 Å². The number of aryl methyl sites for hydroxylation is 2. The Kier molecular flexibility index (Phi) is 2.92. The summed E-state index contributed by atoms with van der Waals surface area (Å²) in [6, 6.07) is -0.322. The van der Waals surface area contributed by atoms with E-state index in [9.17, 15) is 10.1 Å². The molecule has 0 saturated heterocycles. The van der Waals surface area contributed by atoms with E-state index in [0.717, 1.165) is 0 Å². The maximum atomic E-state index is 11.0. The van der Waals surface area contributed by atoms with E-state index < -0.39 is 4.92 Å². The van der Waals surface area contributed by atoms with Crippen LogP contribution in [0, 0.1) is 17.0 Å². The van der Waals surface area contributed by atoms with Crippen LogP contribution in [0.4, 0.5) is 11.5 Å². The molecule has 2 heterocycles. The van der Waals surface area contributed by atoms with E-state index in [2.05, 4.69) is 31.0 Å². The number of anilines is 1. The number of nitrogens with zero attached hydrogens (tertiary/aromatic N) is 6. The summed E-state index contributed by atoms with van der Waals surface area (Å²) in [6.45, 7) is 3.36. The van der Waals surface area contributed by atoms with Gasteiger partial charge in [0.15, 0.2) is 5.82 Å². The second-order valence-corrected chi connectivity index (χ2v) is 3.80. The fraction of sp³-hybridized carbons (Fsp3) is 0.500. The molecule has 10 nitrogen and oxygen atoms in total. The van der Waals surface area contributed by atoms with Crippen molar-refractivity contribution < 1.29 is 4.92 Å². The maximum absolute atomic E-state index is 11.0. The fourth-order valence-electron chi connectivity index (χ4n) is 1.65. The molecule has 0 aliphatic rings. The lowest BCUT2D eigenvalue weighted by molar-refractivity contribution is -0.384. The number of H-pyrrole nitrogens is 1. The first-order valence-electron chi connectivity index (χ1n) is 5.18. The topological polar surface area (TPSA) is 127 Å². The summed E-state index contributed by atoms with van der Waals surface area (Å²) in [5.74, 6) is 0.734. The molecule has 1 unspecified atom stereocenters. The fourth-order valence-corrected chi connectivity index (χ4v) is 1.65. The van der Waals surface area contributed by atoms with Gasteiger partial charge in [-0.3, -0.25) is 10.1 Å². The lowest BCUT2D eigenvalue weighted by Crippen LogP contribution is -2.12. The lowest BCUT2D eigenvalue weighted by atomic mass is 10.3. The zero-order chi connectivity index (χ0) is 13.3. The molecule has 0 saturated carbocycles. The minimum Gasteiger partial charge on any atom is -0.355 e. The van der Waals surface area contributed by atoms with Gasteiger partial charge in [0.1, 0.15) is 5.69 Å². The van der Waals surface area contributed by atoms with Gasteiger partial charge in [-0.1, -0.05) is 5.21 Å². The molecule has 0 bridgehead atoms. The Morgan fingerprint density at radius 1 is 1.56 bits per heavy atom. The summed E-state index contributed by atoms with van der Waals surface area (Å²) in [5.41, 5.74) is 0.304. The van der Waals surface area contributed by atoms with Crippen molar-refractivity contribution in [3.63, 3.8) is 0 Å². The Morgan fingerprint density at radius 2 is 2.28 bits per heavy atom. The normalized spacial score (nSPS) is 12.4. The van der Waals surface area contributed by atoms with Crippen LogP contribution in [0.1, 0.15) is 24.5 Å². The van der Waals surface area contributed by atoms with E-state index in [1.54, 1.807) is 20.9 Å². The van der Waals surface area contributed by atoms with E-state index in [1.807, 2.05) is 0 Å². The second kappa shape index (κ2) is 4.39. The van der Waals surface area contributed by atoms with Gasteiger partial charge in [-0.05, 0) is 13.8 Å². The van der Waals surface area contributed by atoms with Crippen LogP contribution in [0.15, 0.2) is 0 Å². The summed E-state index contributed by atoms with van der Waals surface area (Å²) in [7, 11) is 1.63. The van der Waals surface area contributed by atoms with Crippen molar-refractivity contribution in [3.05, 3.63) is 21.6 Å². The van der Waals surface area contributed by atoms with Gasteiger partial charge >= 0.3 is 5.69 Å². The molecule has 0 aliphatic carbocycles. The molecular weight excluding hydrogens is 240 g/mol. The summed E-state index contributed by atoms with van der Waals surface area (Å²) in [5, 5.41) is 31.4. The van der Waals surface area contributed by atoms with Crippen molar-refractivity contribution in [2.45, 2.75) is 19.9 Å². The van der Waals surface area contributed by atoms with Gasteiger partial charge in [0, 0.05) is 7.05 Å². The van der Waals surface area contributed by atoms with Crippen molar-refractivity contribution in [2.24, 2.45) is 7.05 Å². The van der Waals surface area contributed by atoms with Gasteiger partial charge in [-0.2, -0.15) is 10.3 Å². The number of nitro groups is 1. The van der Waals surface area contributed by atoms with E-state index in [0.29, 0.717) is 17.3 Å². The molecule has 0 spiro atoms. The van der Waals surface area contributed by atoms with Gasteiger partial charge in [-0.15, -0.1) is 10.2 Å². The third kappa shape index (κ3) is 1.99. The highest BCUT2D eigenvalue weighted by molar-refractivity contribution is 5.59. The van der Waals surface area contributed by atoms with E-state index in [1.165, 1.54) is 4.68 Å². The quantitative estimate of drug-likeness (QED) is 0.592. The molecule has 2 aromatic rings. The molecule has 0 aromatic carbocycles. The number of tetrazole rings is 1. The number of hydrogen-bond acceptors (Lipinski definition) is 7. The molecule has 10 heteroatoms. The third-order valence-electron chi connectivity index (χ3n) is 2.48. The van der Waals surface area contributed by atoms with Crippen LogP contribution in [0.2, 0.25) is 0 Å². The van der Waals surface area contributed by atoms with Gasteiger partial charge in [0.25, 0.3) is 0 Å². The summed E-state index contributed by atoms with van der Waals surface area (Å²) in [6.07, 6.45) is 0. The second-order valence-electron chi connectivity index (χ2n) is 3.80. The predicted molar refractivity (Wildman–Crippen MR) is 60.8 cm³/mol. The first kappa shape index (κ1) is 12.0. The van der Waals surface area contributed by atoms with Gasteiger partial charge in [-0.25, -0.2) is 4.68 Å². The molecule has 18 heavy (non-hydrogen) atoms. The molecule has 96 valence electrons. The highest BCUT2D eigenvalue weighted by Gasteiger charge is 2.26. The van der Waals surface area contributed by atoms with Crippen molar-refractivity contribution >= 4 is 11.5 Å². The van der Waals surface area contributed by atoms with Crippen LogP contribution >= 0.6 is 0 Å². The van der Waals surface area contributed by atoms with Crippen LogP contribution in [-0.4, -0.2) is 35.3 Å². The Balaban J connectivity index is 2.31. The summed E-state index contributed by atoms with van der Waals surface area (Å²) < 4.78 is 1.42. The Hall–Kier alpha value is -2.52. The third-order valence-corrected chi connectivity index (χ3v) is 2.48. The van der Waals surface area contributed by atoms with Crippen LogP contribution in [0.3, 0.4) is 0 Å². The van der Waals surface area contributed by atoms with Gasteiger partial charge < -0.3 is 5.32 Å². The average molecular weight is 252 g/mol. The van der Waals surface area contributed by atoms with Crippen molar-refractivity contribution in [1.29, 1.82) is 0 Å². The minimum absolute atomic E-state index is 0.0483. The monoisotopic (exact) mass is 252 g/mol. The molecule has 0 fully saturated rings. The molecular formula is C8H12N8O2. The molecule has 2 rings (SSSR count). The van der Waals surface area contributed by atoms with Gasteiger partial charge in [0.2, 0.25) is 5.82 Å². The first-order valence-corrected chi connectivity index (χ1v) is 5.18. The molecule has 0 radical (unpaired) electrons. The summed E-state index contributed by atoms with van der Waals surface area (Å²) in [4.78, 5) is 10.5. The van der Waals surface area contributed by atoms with E-state index >= 15 is 0 Å². The SMILES string of the molecule is Cc1nn(C)c(NC(C)c2nn[nH]n2)c1[N+](=O)[O-]. The van der Waals surface area contributed by atoms with Crippen LogP contribution in [0.5, 0.6) is 0 Å². The zero-order valence-corrected chi connectivity index (χ0v) is 10.1. The predicted octanol–water partition coefficient (Wildman–Crippen LogP) is 0.323. The van der Waals surface area contributed by atoms with Gasteiger partial charge in [0.05, 0.1) is 11.0 Å². The van der Waals surface area contributed by atoms with Crippen LogP contribution in [-0.2, 0) is 7.05 Å². The largest absolute Gasteiger partial charge is 0.355 e. The lowest BCUT2D eigenvalue weighted by Gasteiger charge is -2.10. The first-order chi connectivity index (χ1) is 8.50. The molecule has 2 N–H and O–H groups in total. The number of rotatable bonds is 4. The molecule has 0 amide bonds. The van der Waals surface area contributed by atoms with Crippen molar-refractivity contribution in [3.8, 4) is 0 Å². The minimum atomic E-state index is -0.465.